The summed E-state index contributed by atoms with van der Waals surface area (Å²) in [4.78, 5) is 10.8. The van der Waals surface area contributed by atoms with E-state index in [2.05, 4.69) is 33.9 Å². The monoisotopic (exact) mass is 337 g/mol. The zero-order chi connectivity index (χ0) is 17.6. The molecular weight excluding hydrogens is 314 g/mol. The summed E-state index contributed by atoms with van der Waals surface area (Å²) in [6.45, 7) is 3.01. The molecule has 0 spiro atoms. The van der Waals surface area contributed by atoms with Crippen LogP contribution in [0.5, 0.6) is 5.75 Å². The standard InChI is InChI=1S/C19H23N5O/c1-15(10-17-12-20-8-9-21-17)23(2)13-16-11-22-24(14-16)18-6-4-5-7-19(18)25-3/h4-9,11-12,14-15H,10,13H2,1-3H3. The first kappa shape index (κ1) is 17.1. The van der Waals surface area contributed by atoms with Gasteiger partial charge in [-0.15, -0.1) is 0 Å². The third-order valence-corrected chi connectivity index (χ3v) is 4.27. The van der Waals surface area contributed by atoms with Crippen molar-refractivity contribution >= 4 is 0 Å². The molecule has 3 aromatic rings. The van der Waals surface area contributed by atoms with E-state index in [0.29, 0.717) is 6.04 Å². The van der Waals surface area contributed by atoms with Crippen molar-refractivity contribution in [3.05, 3.63) is 66.5 Å². The molecule has 0 N–H and O–H groups in total. The second-order valence-corrected chi connectivity index (χ2v) is 6.13. The van der Waals surface area contributed by atoms with Gasteiger partial charge >= 0.3 is 0 Å². The van der Waals surface area contributed by atoms with Gasteiger partial charge in [0, 0.05) is 49.4 Å². The van der Waals surface area contributed by atoms with Gasteiger partial charge in [-0.25, -0.2) is 4.68 Å². The van der Waals surface area contributed by atoms with Crippen LogP contribution < -0.4 is 4.74 Å². The average Bonchev–Trinajstić information content (AvgIpc) is 3.10. The van der Waals surface area contributed by atoms with Gasteiger partial charge in [0.25, 0.3) is 0 Å². The van der Waals surface area contributed by atoms with E-state index in [0.717, 1.165) is 35.7 Å². The second kappa shape index (κ2) is 7.90. The molecule has 0 saturated carbocycles. The first-order valence-electron chi connectivity index (χ1n) is 8.29. The van der Waals surface area contributed by atoms with Crippen molar-refractivity contribution in [3.63, 3.8) is 0 Å². The first-order chi connectivity index (χ1) is 12.2. The van der Waals surface area contributed by atoms with E-state index in [-0.39, 0.29) is 0 Å². The quantitative estimate of drug-likeness (QED) is 0.663. The highest BCUT2D eigenvalue weighted by atomic mass is 16.5. The van der Waals surface area contributed by atoms with Crippen LogP contribution in [0, 0.1) is 0 Å². The molecule has 0 aliphatic heterocycles. The Morgan fingerprint density at radius 2 is 2.04 bits per heavy atom. The minimum absolute atomic E-state index is 0.353. The highest BCUT2D eigenvalue weighted by molar-refractivity contribution is 5.46. The number of hydrogen-bond donors (Lipinski definition) is 0. The molecule has 1 unspecified atom stereocenters. The molecule has 1 aromatic carbocycles. The van der Waals surface area contributed by atoms with E-state index in [1.54, 1.807) is 19.5 Å². The van der Waals surface area contributed by atoms with Crippen LogP contribution in [-0.2, 0) is 13.0 Å². The van der Waals surface area contributed by atoms with Crippen LogP contribution in [0.2, 0.25) is 0 Å². The van der Waals surface area contributed by atoms with Gasteiger partial charge in [0.05, 0.1) is 19.0 Å². The third kappa shape index (κ3) is 4.22. The summed E-state index contributed by atoms with van der Waals surface area (Å²) >= 11 is 0. The Kier molecular flexibility index (Phi) is 5.40. The number of para-hydroxylation sites is 2. The molecule has 0 radical (unpaired) electrons. The number of aromatic nitrogens is 4. The Morgan fingerprint density at radius 1 is 1.20 bits per heavy atom. The molecule has 2 heterocycles. The van der Waals surface area contributed by atoms with Gasteiger partial charge in [-0.3, -0.25) is 14.9 Å². The van der Waals surface area contributed by atoms with Crippen LogP contribution in [0.3, 0.4) is 0 Å². The van der Waals surface area contributed by atoms with Crippen molar-refractivity contribution in [2.45, 2.75) is 25.9 Å². The molecule has 0 saturated heterocycles. The van der Waals surface area contributed by atoms with Crippen LogP contribution in [0.1, 0.15) is 18.2 Å². The molecule has 0 amide bonds. The van der Waals surface area contributed by atoms with Crippen molar-refractivity contribution in [2.75, 3.05) is 14.2 Å². The van der Waals surface area contributed by atoms with E-state index >= 15 is 0 Å². The lowest BCUT2D eigenvalue weighted by atomic mass is 10.1. The molecule has 3 rings (SSSR count). The largest absolute Gasteiger partial charge is 0.494 e. The third-order valence-electron chi connectivity index (χ3n) is 4.27. The summed E-state index contributed by atoms with van der Waals surface area (Å²) in [5.41, 5.74) is 3.09. The van der Waals surface area contributed by atoms with Crippen LogP contribution in [0.4, 0.5) is 0 Å². The molecule has 0 fully saturated rings. The Bertz CT molecular complexity index is 802. The van der Waals surface area contributed by atoms with Crippen molar-refractivity contribution in [2.24, 2.45) is 0 Å². The Hall–Kier alpha value is -2.73. The summed E-state index contributed by atoms with van der Waals surface area (Å²) in [5, 5.41) is 4.48. The smallest absolute Gasteiger partial charge is 0.144 e. The van der Waals surface area contributed by atoms with E-state index in [4.69, 9.17) is 4.74 Å². The highest BCUT2D eigenvalue weighted by Crippen LogP contribution is 2.22. The van der Waals surface area contributed by atoms with Crippen LogP contribution in [0.25, 0.3) is 5.69 Å². The van der Waals surface area contributed by atoms with Gasteiger partial charge in [-0.05, 0) is 26.1 Å². The molecule has 1 atom stereocenters. The number of rotatable bonds is 7. The van der Waals surface area contributed by atoms with Gasteiger partial charge in [-0.1, -0.05) is 12.1 Å². The lowest BCUT2D eigenvalue weighted by Crippen LogP contribution is -2.30. The molecule has 0 aliphatic rings. The number of methoxy groups -OCH3 is 1. The average molecular weight is 337 g/mol. The zero-order valence-corrected chi connectivity index (χ0v) is 14.8. The van der Waals surface area contributed by atoms with Gasteiger partial charge < -0.3 is 4.74 Å². The van der Waals surface area contributed by atoms with E-state index in [1.165, 1.54) is 0 Å². The Labute approximate surface area is 148 Å². The number of hydrogen-bond acceptors (Lipinski definition) is 5. The van der Waals surface area contributed by atoms with Crippen molar-refractivity contribution in [3.8, 4) is 11.4 Å². The molecule has 6 heteroatoms. The van der Waals surface area contributed by atoms with Crippen molar-refractivity contribution in [1.29, 1.82) is 0 Å². The molecule has 0 aliphatic carbocycles. The topological polar surface area (TPSA) is 56.1 Å². The predicted octanol–water partition coefficient (Wildman–Crippen LogP) is 2.73. The second-order valence-electron chi connectivity index (χ2n) is 6.13. The molecule has 6 nitrogen and oxygen atoms in total. The van der Waals surface area contributed by atoms with E-state index in [1.807, 2.05) is 47.5 Å². The minimum Gasteiger partial charge on any atom is -0.494 e. The summed E-state index contributed by atoms with van der Waals surface area (Å²) in [5.74, 6) is 0.807. The molecular formula is C19H23N5O. The lowest BCUT2D eigenvalue weighted by molar-refractivity contribution is 0.246. The Balaban J connectivity index is 1.66. The van der Waals surface area contributed by atoms with Crippen LogP contribution >= 0.6 is 0 Å². The fraction of sp³-hybridized carbons (Fsp3) is 0.316. The number of ether oxygens (including phenoxy) is 1. The van der Waals surface area contributed by atoms with Crippen molar-refractivity contribution in [1.82, 2.24) is 24.6 Å². The predicted molar refractivity (Wildman–Crippen MR) is 96.8 cm³/mol. The van der Waals surface area contributed by atoms with Gasteiger partial charge in [-0.2, -0.15) is 5.10 Å². The number of benzene rings is 1. The zero-order valence-electron chi connectivity index (χ0n) is 14.8. The Morgan fingerprint density at radius 3 is 2.80 bits per heavy atom. The maximum atomic E-state index is 5.41. The SMILES string of the molecule is COc1ccccc1-n1cc(CN(C)C(C)Cc2cnccn2)cn1. The fourth-order valence-electron chi connectivity index (χ4n) is 2.73. The van der Waals surface area contributed by atoms with Gasteiger partial charge in [0.15, 0.2) is 0 Å². The molecule has 0 bridgehead atoms. The van der Waals surface area contributed by atoms with Gasteiger partial charge in [0.2, 0.25) is 0 Å². The maximum absolute atomic E-state index is 5.41. The number of nitrogens with zero attached hydrogens (tertiary/aromatic N) is 5. The minimum atomic E-state index is 0.353. The summed E-state index contributed by atoms with van der Waals surface area (Å²) in [6.07, 6.45) is 10.1. The highest BCUT2D eigenvalue weighted by Gasteiger charge is 2.13. The number of likely N-dealkylation sites (N-methyl/N-ethyl adjacent to an activating group) is 1. The molecule has 130 valence electrons. The lowest BCUT2D eigenvalue weighted by Gasteiger charge is -2.23. The molecule has 2 aromatic heterocycles. The summed E-state index contributed by atoms with van der Waals surface area (Å²) in [6, 6.07) is 8.22. The summed E-state index contributed by atoms with van der Waals surface area (Å²) < 4.78 is 7.27. The fourth-order valence-corrected chi connectivity index (χ4v) is 2.73. The normalized spacial score (nSPS) is 12.3. The van der Waals surface area contributed by atoms with E-state index in [9.17, 15) is 0 Å². The van der Waals surface area contributed by atoms with Crippen LogP contribution in [-0.4, -0.2) is 44.8 Å². The maximum Gasteiger partial charge on any atom is 0.144 e. The van der Waals surface area contributed by atoms with Gasteiger partial charge in [0.1, 0.15) is 11.4 Å². The van der Waals surface area contributed by atoms with Crippen LogP contribution in [0.15, 0.2) is 55.2 Å². The molecule has 25 heavy (non-hydrogen) atoms. The van der Waals surface area contributed by atoms with Crippen molar-refractivity contribution < 1.29 is 4.74 Å². The first-order valence-corrected chi connectivity index (χ1v) is 8.29. The van der Waals surface area contributed by atoms with E-state index < -0.39 is 0 Å². The summed E-state index contributed by atoms with van der Waals surface area (Å²) in [7, 11) is 3.78.